The van der Waals surface area contributed by atoms with Crippen molar-refractivity contribution in [2.45, 2.75) is 13.3 Å². The molecule has 15 heavy (non-hydrogen) atoms. The standard InChI is InChI=1S/C9H8BrN5/c1-2-5-13-8(12)6-4(3-11)7(10)15-9(6)14-5/h2H2,1H3,(H3,12,13,14,15). The predicted molar refractivity (Wildman–Crippen MR) is 60.1 cm³/mol. The van der Waals surface area contributed by atoms with E-state index in [9.17, 15) is 0 Å². The fraction of sp³-hybridized carbons (Fsp3) is 0.222. The number of nitrogens with two attached hydrogens (primary N) is 1. The highest BCUT2D eigenvalue weighted by Crippen LogP contribution is 2.28. The van der Waals surface area contributed by atoms with Crippen molar-refractivity contribution in [3.8, 4) is 6.07 Å². The number of rotatable bonds is 1. The highest BCUT2D eigenvalue weighted by Gasteiger charge is 2.14. The van der Waals surface area contributed by atoms with Crippen molar-refractivity contribution in [3.05, 3.63) is 16.0 Å². The lowest BCUT2D eigenvalue weighted by molar-refractivity contribution is 0.960. The van der Waals surface area contributed by atoms with E-state index in [1.54, 1.807) is 0 Å². The number of fused-ring (bicyclic) bond motifs is 1. The van der Waals surface area contributed by atoms with Gasteiger partial charge < -0.3 is 10.7 Å². The summed E-state index contributed by atoms with van der Waals surface area (Å²) in [6, 6.07) is 2.06. The minimum Gasteiger partial charge on any atom is -0.383 e. The number of halogens is 1. The van der Waals surface area contributed by atoms with E-state index in [1.807, 2.05) is 6.92 Å². The van der Waals surface area contributed by atoms with Crippen LogP contribution in [0.4, 0.5) is 5.82 Å². The Morgan fingerprint density at radius 3 is 2.87 bits per heavy atom. The van der Waals surface area contributed by atoms with Crippen molar-refractivity contribution in [2.24, 2.45) is 0 Å². The van der Waals surface area contributed by atoms with Crippen molar-refractivity contribution < 1.29 is 0 Å². The van der Waals surface area contributed by atoms with Gasteiger partial charge in [-0.25, -0.2) is 9.97 Å². The third kappa shape index (κ3) is 1.45. The van der Waals surface area contributed by atoms with Gasteiger partial charge in [0.05, 0.1) is 10.9 Å². The number of hydrogen-bond acceptors (Lipinski definition) is 4. The van der Waals surface area contributed by atoms with E-state index in [4.69, 9.17) is 11.0 Å². The minimum atomic E-state index is 0.343. The molecule has 0 saturated heterocycles. The molecule has 0 radical (unpaired) electrons. The Bertz CT molecular complexity index is 566. The van der Waals surface area contributed by atoms with E-state index in [2.05, 4.69) is 37.0 Å². The molecule has 0 unspecified atom stereocenters. The zero-order valence-electron chi connectivity index (χ0n) is 8.00. The van der Waals surface area contributed by atoms with Crippen LogP contribution >= 0.6 is 15.9 Å². The average Bonchev–Trinajstić information content (AvgIpc) is 2.53. The van der Waals surface area contributed by atoms with E-state index in [1.165, 1.54) is 0 Å². The van der Waals surface area contributed by atoms with Gasteiger partial charge in [-0.3, -0.25) is 0 Å². The second-order valence-electron chi connectivity index (χ2n) is 3.03. The molecule has 2 heterocycles. The summed E-state index contributed by atoms with van der Waals surface area (Å²) in [5, 5.41) is 9.53. The lowest BCUT2D eigenvalue weighted by atomic mass is 10.2. The van der Waals surface area contributed by atoms with E-state index in [0.29, 0.717) is 39.3 Å². The normalized spacial score (nSPS) is 10.5. The van der Waals surface area contributed by atoms with Crippen LogP contribution in [0.5, 0.6) is 0 Å². The number of nitrogens with zero attached hydrogens (tertiary/aromatic N) is 3. The van der Waals surface area contributed by atoms with Crippen LogP contribution in [0.2, 0.25) is 0 Å². The van der Waals surface area contributed by atoms with Crippen LogP contribution in [0.25, 0.3) is 11.0 Å². The topological polar surface area (TPSA) is 91.4 Å². The van der Waals surface area contributed by atoms with Gasteiger partial charge in [-0.05, 0) is 15.9 Å². The minimum absolute atomic E-state index is 0.343. The van der Waals surface area contributed by atoms with E-state index in [-0.39, 0.29) is 0 Å². The molecule has 0 aromatic carbocycles. The van der Waals surface area contributed by atoms with Crippen molar-refractivity contribution in [2.75, 3.05) is 5.73 Å². The molecular formula is C9H8BrN5. The molecule has 3 N–H and O–H groups in total. The number of H-pyrrole nitrogens is 1. The summed E-state index contributed by atoms with van der Waals surface area (Å²) in [6.07, 6.45) is 0.707. The number of aryl methyl sites for hydroxylation is 1. The first-order chi connectivity index (χ1) is 7.17. The first-order valence-corrected chi connectivity index (χ1v) is 5.20. The van der Waals surface area contributed by atoms with E-state index >= 15 is 0 Å². The van der Waals surface area contributed by atoms with Crippen LogP contribution in [0, 0.1) is 11.3 Å². The van der Waals surface area contributed by atoms with Crippen molar-refractivity contribution in [1.82, 2.24) is 15.0 Å². The molecule has 0 saturated carbocycles. The van der Waals surface area contributed by atoms with Crippen LogP contribution in [0.1, 0.15) is 18.3 Å². The summed E-state index contributed by atoms with van der Waals surface area (Å²) >= 11 is 3.25. The summed E-state index contributed by atoms with van der Waals surface area (Å²) in [6.45, 7) is 1.95. The summed E-state index contributed by atoms with van der Waals surface area (Å²) in [5.74, 6) is 1.01. The fourth-order valence-corrected chi connectivity index (χ4v) is 1.88. The predicted octanol–water partition coefficient (Wildman–Crippen LogP) is 1.74. The molecule has 5 nitrogen and oxygen atoms in total. The maximum Gasteiger partial charge on any atom is 0.145 e. The Kier molecular flexibility index (Phi) is 2.32. The van der Waals surface area contributed by atoms with E-state index < -0.39 is 0 Å². The first-order valence-electron chi connectivity index (χ1n) is 4.41. The molecule has 2 rings (SSSR count). The van der Waals surface area contributed by atoms with Crippen LogP contribution in [0.15, 0.2) is 4.60 Å². The Hall–Kier alpha value is -1.61. The van der Waals surface area contributed by atoms with Crippen molar-refractivity contribution in [1.29, 1.82) is 5.26 Å². The second kappa shape index (κ2) is 3.51. The van der Waals surface area contributed by atoms with Gasteiger partial charge >= 0.3 is 0 Å². The number of aromatic amines is 1. The summed E-state index contributed by atoms with van der Waals surface area (Å²) in [7, 11) is 0. The molecule has 0 atom stereocenters. The zero-order chi connectivity index (χ0) is 11.0. The van der Waals surface area contributed by atoms with Gasteiger partial charge in [0, 0.05) is 6.42 Å². The van der Waals surface area contributed by atoms with Gasteiger partial charge in [0.15, 0.2) is 0 Å². The third-order valence-electron chi connectivity index (χ3n) is 2.11. The molecule has 76 valence electrons. The number of anilines is 1. The highest BCUT2D eigenvalue weighted by atomic mass is 79.9. The smallest absolute Gasteiger partial charge is 0.145 e. The molecule has 2 aromatic rings. The number of nitrogen functional groups attached to an aromatic ring is 1. The molecule has 0 aliphatic rings. The van der Waals surface area contributed by atoms with Crippen LogP contribution < -0.4 is 5.73 Å². The van der Waals surface area contributed by atoms with Crippen LogP contribution in [-0.4, -0.2) is 15.0 Å². The molecular weight excluding hydrogens is 258 g/mol. The quantitative estimate of drug-likeness (QED) is 0.822. The van der Waals surface area contributed by atoms with Gasteiger partial charge in [-0.1, -0.05) is 6.92 Å². The first kappa shape index (κ1) is 9.93. The number of nitriles is 1. The van der Waals surface area contributed by atoms with Gasteiger partial charge in [0.2, 0.25) is 0 Å². The van der Waals surface area contributed by atoms with E-state index in [0.717, 1.165) is 0 Å². The average molecular weight is 266 g/mol. The Balaban J connectivity index is 2.87. The molecule has 0 bridgehead atoms. The number of hydrogen-bond donors (Lipinski definition) is 2. The van der Waals surface area contributed by atoms with Gasteiger partial charge in [-0.2, -0.15) is 5.26 Å². The highest BCUT2D eigenvalue weighted by molar-refractivity contribution is 9.10. The van der Waals surface area contributed by atoms with Crippen molar-refractivity contribution >= 4 is 32.8 Å². The number of aromatic nitrogens is 3. The van der Waals surface area contributed by atoms with Gasteiger partial charge in [0.25, 0.3) is 0 Å². The van der Waals surface area contributed by atoms with Gasteiger partial charge in [-0.15, -0.1) is 0 Å². The van der Waals surface area contributed by atoms with Gasteiger partial charge in [0.1, 0.15) is 28.0 Å². The summed E-state index contributed by atoms with van der Waals surface area (Å²) in [4.78, 5) is 11.3. The van der Waals surface area contributed by atoms with Crippen LogP contribution in [-0.2, 0) is 6.42 Å². The third-order valence-corrected chi connectivity index (χ3v) is 2.70. The van der Waals surface area contributed by atoms with Crippen LogP contribution in [0.3, 0.4) is 0 Å². The summed E-state index contributed by atoms with van der Waals surface area (Å²) < 4.78 is 0.592. The van der Waals surface area contributed by atoms with Crippen molar-refractivity contribution in [3.63, 3.8) is 0 Å². The summed E-state index contributed by atoms with van der Waals surface area (Å²) in [5.41, 5.74) is 6.83. The monoisotopic (exact) mass is 265 g/mol. The second-order valence-corrected chi connectivity index (χ2v) is 3.82. The Morgan fingerprint density at radius 1 is 1.53 bits per heavy atom. The maximum absolute atomic E-state index is 8.95. The molecule has 6 heteroatoms. The SMILES string of the molecule is CCc1nc(N)c2c(C#N)c(Br)[nH]c2n1. The largest absolute Gasteiger partial charge is 0.383 e. The molecule has 2 aromatic heterocycles. The lowest BCUT2D eigenvalue weighted by Crippen LogP contribution is -1.99. The zero-order valence-corrected chi connectivity index (χ0v) is 9.59. The molecule has 0 fully saturated rings. The fourth-order valence-electron chi connectivity index (χ4n) is 1.40. The Labute approximate surface area is 94.5 Å². The Morgan fingerprint density at radius 2 is 2.27 bits per heavy atom. The maximum atomic E-state index is 8.95. The molecule has 0 aliphatic heterocycles. The molecule has 0 spiro atoms. The molecule has 0 amide bonds. The lowest BCUT2D eigenvalue weighted by Gasteiger charge is -1.99. The number of nitrogens with one attached hydrogen (secondary N) is 1. The molecule has 0 aliphatic carbocycles.